The standard InChI is InChI=1S/C43H56N2O5/c1-11-30(47)44-18-12-16-41(8)28-14-13-23-19-26-25-20-24-27-21-39(4,5)50-40(6,7)33(27)36(48)31(24)32-35(25)45(34(22(2)3)37(32)49)38(26)43(23,10)42(28,9)17-15-29(41)46/h12,16,20-21,23,28-29,33-34,36,46,48H,2,11,13-15,17-19H2,1,3-10H3,(H,44,47)/b16-12+/t23?,28-,29-,33?,34-,36+,41-,42-,43+/m0/s1. The van der Waals surface area contributed by atoms with Crippen molar-refractivity contribution in [2.75, 3.05) is 6.54 Å². The summed E-state index contributed by atoms with van der Waals surface area (Å²) in [7, 11) is 0. The predicted octanol–water partition coefficient (Wildman–Crippen LogP) is 7.68. The number of nitrogens with zero attached hydrogens (tertiary/aromatic N) is 1. The highest BCUT2D eigenvalue weighted by Crippen LogP contribution is 2.71. The Kier molecular flexibility index (Phi) is 7.19. The third-order valence-corrected chi connectivity index (χ3v) is 14.8. The molecule has 1 aromatic carbocycles. The molecule has 2 aliphatic heterocycles. The molecule has 0 radical (unpaired) electrons. The second-order valence-electron chi connectivity index (χ2n) is 18.4. The van der Waals surface area contributed by atoms with Gasteiger partial charge in [0.1, 0.15) is 6.04 Å². The second kappa shape index (κ2) is 10.5. The number of rotatable bonds is 5. The quantitative estimate of drug-likeness (QED) is 0.282. The molecule has 2 fully saturated rings. The van der Waals surface area contributed by atoms with Crippen LogP contribution in [-0.2, 0) is 21.4 Å². The zero-order chi connectivity index (χ0) is 36.1. The molecular weight excluding hydrogens is 624 g/mol. The van der Waals surface area contributed by atoms with Crippen LogP contribution in [0.5, 0.6) is 0 Å². The summed E-state index contributed by atoms with van der Waals surface area (Å²) in [5.41, 5.74) is 5.96. The van der Waals surface area contributed by atoms with E-state index in [2.05, 4.69) is 83.1 Å². The Morgan fingerprint density at radius 2 is 1.84 bits per heavy atom. The number of aliphatic hydroxyl groups is 2. The minimum Gasteiger partial charge on any atom is -0.392 e. The number of ether oxygens (including phenoxy) is 1. The normalized spacial score (nSPS) is 38.8. The summed E-state index contributed by atoms with van der Waals surface area (Å²) in [6.07, 6.45) is 10.1. The molecule has 2 aromatic rings. The minimum absolute atomic E-state index is 0.0224. The van der Waals surface area contributed by atoms with Gasteiger partial charge in [0.25, 0.3) is 0 Å². The average Bonchev–Trinajstić information content (AvgIpc) is 3.70. The van der Waals surface area contributed by atoms with Gasteiger partial charge in [0.05, 0.1) is 34.5 Å². The van der Waals surface area contributed by atoms with Crippen LogP contribution in [0.3, 0.4) is 0 Å². The lowest BCUT2D eigenvalue weighted by Crippen LogP contribution is -2.62. The van der Waals surface area contributed by atoms with Crippen LogP contribution in [-0.4, -0.2) is 50.3 Å². The molecular formula is C43H56N2O5. The summed E-state index contributed by atoms with van der Waals surface area (Å²) in [5.74, 6) is 0.416. The van der Waals surface area contributed by atoms with Gasteiger partial charge in [-0.25, -0.2) is 0 Å². The van der Waals surface area contributed by atoms with Crippen LogP contribution in [0.1, 0.15) is 139 Å². The van der Waals surface area contributed by atoms with Gasteiger partial charge in [0.2, 0.25) is 5.91 Å². The van der Waals surface area contributed by atoms with E-state index in [9.17, 15) is 19.8 Å². The van der Waals surface area contributed by atoms with Gasteiger partial charge in [-0.1, -0.05) is 52.0 Å². The van der Waals surface area contributed by atoms with Crippen molar-refractivity contribution >= 4 is 28.2 Å². The highest BCUT2D eigenvalue weighted by Gasteiger charge is 2.67. The summed E-state index contributed by atoms with van der Waals surface area (Å²) in [5, 5.41) is 28.0. The number of carbonyl (C=O) groups excluding carboxylic acids is 2. The number of nitrogens with one attached hydrogen (secondary N) is 1. The molecule has 50 heavy (non-hydrogen) atoms. The number of amides is 1. The monoisotopic (exact) mass is 680 g/mol. The Bertz CT molecular complexity index is 1940. The van der Waals surface area contributed by atoms with Crippen molar-refractivity contribution in [3.8, 4) is 0 Å². The fourth-order valence-corrected chi connectivity index (χ4v) is 12.7. The number of carbonyl (C=O) groups is 2. The molecule has 6 aliphatic rings. The van der Waals surface area contributed by atoms with Gasteiger partial charge in [-0.05, 0) is 113 Å². The van der Waals surface area contributed by atoms with Crippen LogP contribution in [0, 0.1) is 28.6 Å². The molecule has 0 saturated heterocycles. The molecule has 3 N–H and O–H groups in total. The highest BCUT2D eigenvalue weighted by atomic mass is 16.5. The van der Waals surface area contributed by atoms with E-state index in [1.54, 1.807) is 0 Å². The number of fused-ring (bicyclic) bond motifs is 11. The Morgan fingerprint density at radius 3 is 2.52 bits per heavy atom. The minimum atomic E-state index is -0.845. The van der Waals surface area contributed by atoms with Gasteiger partial charge in [0, 0.05) is 46.4 Å². The number of benzene rings is 1. The molecule has 268 valence electrons. The van der Waals surface area contributed by atoms with Crippen LogP contribution >= 0.6 is 0 Å². The van der Waals surface area contributed by atoms with Crippen LogP contribution in [0.25, 0.3) is 16.5 Å². The molecule has 1 amide bonds. The van der Waals surface area contributed by atoms with Crippen LogP contribution < -0.4 is 5.32 Å². The van der Waals surface area contributed by atoms with E-state index < -0.39 is 34.9 Å². The van der Waals surface area contributed by atoms with E-state index in [1.165, 1.54) is 11.3 Å². The predicted molar refractivity (Wildman–Crippen MR) is 197 cm³/mol. The first-order valence-electron chi connectivity index (χ1n) is 19.0. The molecule has 1 aromatic heterocycles. The Hall–Kier alpha value is -3.00. The number of aromatic nitrogens is 1. The maximum atomic E-state index is 14.9. The van der Waals surface area contributed by atoms with E-state index in [-0.39, 0.29) is 34.4 Å². The second-order valence-corrected chi connectivity index (χ2v) is 18.4. The molecule has 8 rings (SSSR count). The van der Waals surface area contributed by atoms with Crippen molar-refractivity contribution in [1.82, 2.24) is 9.88 Å². The zero-order valence-corrected chi connectivity index (χ0v) is 31.5. The number of allylic oxidation sites excluding steroid dienone is 1. The summed E-state index contributed by atoms with van der Waals surface area (Å²) < 4.78 is 8.90. The van der Waals surface area contributed by atoms with Crippen LogP contribution in [0.4, 0.5) is 0 Å². The smallest absolute Gasteiger partial charge is 0.219 e. The van der Waals surface area contributed by atoms with Crippen LogP contribution in [0.2, 0.25) is 0 Å². The molecule has 7 nitrogen and oxygen atoms in total. The zero-order valence-electron chi connectivity index (χ0n) is 31.5. The maximum Gasteiger partial charge on any atom is 0.219 e. The fraction of sp³-hybridized carbons (Fsp3) is 0.628. The molecule has 7 heteroatoms. The van der Waals surface area contributed by atoms with E-state index in [0.717, 1.165) is 58.9 Å². The van der Waals surface area contributed by atoms with E-state index in [4.69, 9.17) is 4.74 Å². The molecule has 4 aliphatic carbocycles. The van der Waals surface area contributed by atoms with Crippen molar-refractivity contribution in [3.05, 3.63) is 64.4 Å². The van der Waals surface area contributed by atoms with Crippen molar-refractivity contribution < 1.29 is 24.5 Å². The third kappa shape index (κ3) is 4.09. The maximum absolute atomic E-state index is 14.9. The summed E-state index contributed by atoms with van der Waals surface area (Å²) in [6, 6.07) is 1.79. The molecule has 0 bridgehead atoms. The Balaban J connectivity index is 1.33. The largest absolute Gasteiger partial charge is 0.392 e. The van der Waals surface area contributed by atoms with Gasteiger partial charge in [0.15, 0.2) is 5.78 Å². The van der Waals surface area contributed by atoms with E-state index in [0.29, 0.717) is 30.9 Å². The van der Waals surface area contributed by atoms with Gasteiger partial charge < -0.3 is 24.8 Å². The summed E-state index contributed by atoms with van der Waals surface area (Å²) in [4.78, 5) is 26.8. The van der Waals surface area contributed by atoms with Crippen LogP contribution in [0.15, 0.2) is 36.4 Å². The van der Waals surface area contributed by atoms with Crippen molar-refractivity contribution in [3.63, 3.8) is 0 Å². The van der Waals surface area contributed by atoms with Gasteiger partial charge in [-0.3, -0.25) is 9.59 Å². The van der Waals surface area contributed by atoms with E-state index in [1.807, 2.05) is 19.9 Å². The number of hydrogen-bond acceptors (Lipinski definition) is 5. The van der Waals surface area contributed by atoms with Crippen molar-refractivity contribution in [1.29, 1.82) is 0 Å². The average molecular weight is 681 g/mol. The summed E-state index contributed by atoms with van der Waals surface area (Å²) in [6.45, 7) is 24.1. The highest BCUT2D eigenvalue weighted by molar-refractivity contribution is 6.18. The summed E-state index contributed by atoms with van der Waals surface area (Å²) >= 11 is 0. The number of Topliss-reactive ketones (excluding diaryl/α,β-unsaturated/α-hetero) is 1. The molecule has 3 heterocycles. The first-order chi connectivity index (χ1) is 23.3. The molecule has 2 saturated carbocycles. The van der Waals surface area contributed by atoms with Crippen molar-refractivity contribution in [2.24, 2.45) is 28.6 Å². The lowest BCUT2D eigenvalue weighted by Gasteiger charge is -2.64. The number of ketones is 1. The molecule has 9 atom stereocenters. The molecule has 0 spiro atoms. The van der Waals surface area contributed by atoms with Gasteiger partial charge in [-0.15, -0.1) is 0 Å². The fourth-order valence-electron chi connectivity index (χ4n) is 12.7. The number of aliphatic hydroxyl groups excluding tert-OH is 2. The Labute approximate surface area is 297 Å². The van der Waals surface area contributed by atoms with Gasteiger partial charge >= 0.3 is 0 Å². The Morgan fingerprint density at radius 1 is 1.12 bits per heavy atom. The SMILES string of the molecule is C=C(C)[C@H]1C(=O)c2c3c(cc4c5c(n1c24)[C@@]1(C)C(CC[C@H]2[C@](C)(/C=C/CNC(=O)CC)[C@@H](O)CC[C@@]21C)C5)C1=CC(C)(C)OC(C)(C)C1[C@@H]3O. The van der Waals surface area contributed by atoms with Gasteiger partial charge in [-0.2, -0.15) is 0 Å². The molecule has 2 unspecified atom stereocenters. The lowest BCUT2D eigenvalue weighted by molar-refractivity contribution is -0.145. The number of hydrogen-bond donors (Lipinski definition) is 3. The first-order valence-corrected chi connectivity index (χ1v) is 19.0. The first kappa shape index (κ1) is 34.1. The lowest BCUT2D eigenvalue weighted by atomic mass is 9.40. The third-order valence-electron chi connectivity index (χ3n) is 14.8. The van der Waals surface area contributed by atoms with E-state index >= 15 is 0 Å². The topological polar surface area (TPSA) is 101 Å². The van der Waals surface area contributed by atoms with Crippen molar-refractivity contribution in [2.45, 2.75) is 136 Å².